The Morgan fingerprint density at radius 2 is 1.93 bits per heavy atom. The standard InChI is InChI=1S/C21H20N4O3S2/c1-2-15-3-8-19-16(13-15)9-11-25(19)14-20(26)23-17-4-6-18(7-5-17)30(27,28)24-21-22-10-12-29-21/h3-13H,2,14H2,1H3,(H,22,24)(H,23,26). The number of anilines is 2. The third-order valence-electron chi connectivity index (χ3n) is 4.66. The lowest BCUT2D eigenvalue weighted by atomic mass is 10.1. The van der Waals surface area contributed by atoms with Crippen molar-refractivity contribution in [3.63, 3.8) is 0 Å². The molecule has 0 unspecified atom stereocenters. The summed E-state index contributed by atoms with van der Waals surface area (Å²) in [4.78, 5) is 16.5. The number of amides is 1. The van der Waals surface area contributed by atoms with E-state index in [1.54, 1.807) is 17.5 Å². The van der Waals surface area contributed by atoms with Crippen LogP contribution in [0.4, 0.5) is 10.8 Å². The molecule has 0 aliphatic heterocycles. The molecule has 0 atom stereocenters. The average molecular weight is 441 g/mol. The number of carbonyl (C=O) groups is 1. The normalized spacial score (nSPS) is 11.5. The minimum atomic E-state index is -3.72. The van der Waals surface area contributed by atoms with Crippen LogP contribution in [0.5, 0.6) is 0 Å². The van der Waals surface area contributed by atoms with E-state index in [9.17, 15) is 13.2 Å². The highest BCUT2D eigenvalue weighted by atomic mass is 32.2. The van der Waals surface area contributed by atoms with Gasteiger partial charge in [-0.15, -0.1) is 11.3 Å². The lowest BCUT2D eigenvalue weighted by molar-refractivity contribution is -0.116. The van der Waals surface area contributed by atoms with Crippen molar-refractivity contribution >= 4 is 49.0 Å². The molecule has 2 aromatic carbocycles. The number of sulfonamides is 1. The van der Waals surface area contributed by atoms with Gasteiger partial charge in [0.1, 0.15) is 6.54 Å². The number of aryl methyl sites for hydroxylation is 1. The molecule has 2 N–H and O–H groups in total. The zero-order valence-electron chi connectivity index (χ0n) is 16.2. The first-order chi connectivity index (χ1) is 14.4. The first-order valence-electron chi connectivity index (χ1n) is 9.34. The molecule has 4 aromatic rings. The molecule has 1 amide bonds. The van der Waals surface area contributed by atoms with E-state index in [0.717, 1.165) is 17.3 Å². The minimum Gasteiger partial charge on any atom is -0.338 e. The Bertz CT molecular complexity index is 1280. The summed E-state index contributed by atoms with van der Waals surface area (Å²) in [5, 5.41) is 5.90. The number of carbonyl (C=O) groups excluding carboxylic acids is 1. The van der Waals surface area contributed by atoms with Crippen molar-refractivity contribution < 1.29 is 13.2 Å². The van der Waals surface area contributed by atoms with Gasteiger partial charge in [-0.3, -0.25) is 9.52 Å². The molecule has 7 nitrogen and oxygen atoms in total. The van der Waals surface area contributed by atoms with Gasteiger partial charge in [0, 0.05) is 29.0 Å². The number of aromatic nitrogens is 2. The second-order valence-corrected chi connectivity index (χ2v) is 9.28. The maximum absolute atomic E-state index is 12.5. The third-order valence-corrected chi connectivity index (χ3v) is 6.83. The highest BCUT2D eigenvalue weighted by Gasteiger charge is 2.15. The zero-order chi connectivity index (χ0) is 21.1. The number of hydrogen-bond donors (Lipinski definition) is 2. The Morgan fingerprint density at radius 1 is 1.13 bits per heavy atom. The number of hydrogen-bond acceptors (Lipinski definition) is 5. The summed E-state index contributed by atoms with van der Waals surface area (Å²) in [6.45, 7) is 2.28. The Labute approximate surface area is 178 Å². The van der Waals surface area contributed by atoms with E-state index in [-0.39, 0.29) is 17.3 Å². The molecule has 0 aliphatic carbocycles. The van der Waals surface area contributed by atoms with Gasteiger partial charge in [-0.2, -0.15) is 0 Å². The van der Waals surface area contributed by atoms with Crippen molar-refractivity contribution in [1.29, 1.82) is 0 Å². The molecule has 0 saturated heterocycles. The van der Waals surface area contributed by atoms with Crippen LogP contribution in [0.25, 0.3) is 10.9 Å². The first-order valence-corrected chi connectivity index (χ1v) is 11.7. The Hall–Kier alpha value is -3.17. The van der Waals surface area contributed by atoms with Crippen LogP contribution in [0, 0.1) is 0 Å². The molecule has 0 bridgehead atoms. The molecule has 2 heterocycles. The highest BCUT2D eigenvalue weighted by Crippen LogP contribution is 2.21. The number of nitrogens with one attached hydrogen (secondary N) is 2. The van der Waals surface area contributed by atoms with Crippen molar-refractivity contribution in [3.8, 4) is 0 Å². The molecule has 0 aliphatic rings. The zero-order valence-corrected chi connectivity index (χ0v) is 17.8. The lowest BCUT2D eigenvalue weighted by Crippen LogP contribution is -2.18. The molecule has 30 heavy (non-hydrogen) atoms. The second-order valence-electron chi connectivity index (χ2n) is 6.71. The SMILES string of the molecule is CCc1ccc2c(ccn2CC(=O)Nc2ccc(S(=O)(=O)Nc3nccs3)cc2)c1. The van der Waals surface area contributed by atoms with Gasteiger partial charge < -0.3 is 9.88 Å². The van der Waals surface area contributed by atoms with E-state index in [1.807, 2.05) is 22.9 Å². The molecule has 0 saturated carbocycles. The van der Waals surface area contributed by atoms with E-state index in [2.05, 4.69) is 34.1 Å². The minimum absolute atomic E-state index is 0.0961. The fraction of sp³-hybridized carbons (Fsp3) is 0.143. The van der Waals surface area contributed by atoms with E-state index >= 15 is 0 Å². The van der Waals surface area contributed by atoms with Crippen LogP contribution in [0.15, 0.2) is 71.2 Å². The van der Waals surface area contributed by atoms with Crippen molar-refractivity contribution in [3.05, 3.63) is 71.9 Å². The van der Waals surface area contributed by atoms with Crippen LogP contribution in [-0.4, -0.2) is 23.9 Å². The summed E-state index contributed by atoms with van der Waals surface area (Å²) in [5.74, 6) is -0.191. The predicted octanol–water partition coefficient (Wildman–Crippen LogP) is 4.10. The average Bonchev–Trinajstić information content (AvgIpc) is 3.37. The topological polar surface area (TPSA) is 93.1 Å². The Kier molecular flexibility index (Phi) is 5.56. The van der Waals surface area contributed by atoms with Gasteiger partial charge >= 0.3 is 0 Å². The fourth-order valence-corrected chi connectivity index (χ4v) is 4.92. The van der Waals surface area contributed by atoms with Crippen molar-refractivity contribution in [2.45, 2.75) is 24.8 Å². The largest absolute Gasteiger partial charge is 0.338 e. The molecule has 9 heteroatoms. The Balaban J connectivity index is 1.43. The highest BCUT2D eigenvalue weighted by molar-refractivity contribution is 7.93. The molecule has 2 aromatic heterocycles. The quantitative estimate of drug-likeness (QED) is 0.452. The van der Waals surface area contributed by atoms with Gasteiger partial charge in [-0.1, -0.05) is 13.0 Å². The van der Waals surface area contributed by atoms with Gasteiger partial charge in [0.05, 0.1) is 4.90 Å². The van der Waals surface area contributed by atoms with E-state index in [1.165, 1.54) is 35.2 Å². The van der Waals surface area contributed by atoms with Crippen molar-refractivity contribution in [2.24, 2.45) is 0 Å². The van der Waals surface area contributed by atoms with Gasteiger partial charge in [0.15, 0.2) is 5.13 Å². The van der Waals surface area contributed by atoms with Crippen LogP contribution in [0.2, 0.25) is 0 Å². The summed E-state index contributed by atoms with van der Waals surface area (Å²) in [6.07, 6.45) is 4.38. The number of rotatable bonds is 7. The van der Waals surface area contributed by atoms with Crippen LogP contribution >= 0.6 is 11.3 Å². The number of nitrogens with zero attached hydrogens (tertiary/aromatic N) is 2. The summed E-state index contributed by atoms with van der Waals surface area (Å²) >= 11 is 1.20. The third kappa shape index (κ3) is 4.37. The van der Waals surface area contributed by atoms with Gasteiger partial charge in [-0.25, -0.2) is 13.4 Å². The molecule has 154 valence electrons. The monoisotopic (exact) mass is 440 g/mol. The number of thiazole rings is 1. The maximum Gasteiger partial charge on any atom is 0.263 e. The van der Waals surface area contributed by atoms with Crippen molar-refractivity contribution in [1.82, 2.24) is 9.55 Å². The first kappa shape index (κ1) is 20.1. The van der Waals surface area contributed by atoms with Gasteiger partial charge in [0.25, 0.3) is 10.0 Å². The summed E-state index contributed by atoms with van der Waals surface area (Å²) in [7, 11) is -3.72. The predicted molar refractivity (Wildman–Crippen MR) is 119 cm³/mol. The van der Waals surface area contributed by atoms with E-state index in [4.69, 9.17) is 0 Å². The van der Waals surface area contributed by atoms with Crippen LogP contribution in [0.3, 0.4) is 0 Å². The smallest absolute Gasteiger partial charge is 0.263 e. The maximum atomic E-state index is 12.5. The van der Waals surface area contributed by atoms with Gasteiger partial charge in [0.2, 0.25) is 5.91 Å². The van der Waals surface area contributed by atoms with Crippen LogP contribution in [0.1, 0.15) is 12.5 Å². The molecular formula is C21H20N4O3S2. The number of fused-ring (bicyclic) bond motifs is 1. The van der Waals surface area contributed by atoms with E-state index in [0.29, 0.717) is 10.8 Å². The summed E-state index contributed by atoms with van der Waals surface area (Å²) in [5.41, 5.74) is 2.78. The molecular weight excluding hydrogens is 420 g/mol. The second kappa shape index (κ2) is 8.29. The molecule has 0 spiro atoms. The molecule has 0 radical (unpaired) electrons. The lowest BCUT2D eigenvalue weighted by Gasteiger charge is -2.09. The number of benzene rings is 2. The van der Waals surface area contributed by atoms with Crippen molar-refractivity contribution in [2.75, 3.05) is 10.0 Å². The van der Waals surface area contributed by atoms with Crippen LogP contribution in [-0.2, 0) is 27.8 Å². The fourth-order valence-electron chi connectivity index (χ4n) is 3.13. The summed E-state index contributed by atoms with van der Waals surface area (Å²) < 4.78 is 29.1. The van der Waals surface area contributed by atoms with Crippen LogP contribution < -0.4 is 10.0 Å². The Morgan fingerprint density at radius 3 is 2.63 bits per heavy atom. The van der Waals surface area contributed by atoms with Gasteiger partial charge in [-0.05, 0) is 59.8 Å². The van der Waals surface area contributed by atoms with E-state index < -0.39 is 10.0 Å². The molecule has 0 fully saturated rings. The molecule has 4 rings (SSSR count). The summed E-state index contributed by atoms with van der Waals surface area (Å²) in [6, 6.07) is 14.2.